The van der Waals surface area contributed by atoms with Crippen LogP contribution in [0, 0.1) is 6.92 Å². The molecule has 0 spiro atoms. The molecule has 154 valence electrons. The second kappa shape index (κ2) is 9.24. The first-order valence-electron chi connectivity index (χ1n) is 10.2. The van der Waals surface area contributed by atoms with E-state index in [4.69, 9.17) is 16.7 Å². The molecule has 0 atom stereocenters. The number of benzene rings is 2. The Labute approximate surface area is 183 Å². The van der Waals surface area contributed by atoms with Gasteiger partial charge in [0.2, 0.25) is 0 Å². The number of aromatic nitrogens is 1. The molecule has 0 N–H and O–H groups in total. The minimum atomic E-state index is 0.713. The van der Waals surface area contributed by atoms with Crippen molar-refractivity contribution in [3.05, 3.63) is 77.7 Å². The van der Waals surface area contributed by atoms with Gasteiger partial charge < -0.3 is 9.42 Å². The predicted octanol–water partition coefficient (Wildman–Crippen LogP) is 5.39. The lowest BCUT2D eigenvalue weighted by atomic mass is 10.2. The molecule has 0 bridgehead atoms. The Morgan fingerprint density at radius 2 is 1.63 bits per heavy atom. The number of thiocarbonyl (C=S) groups is 1. The molecule has 1 saturated heterocycles. The summed E-state index contributed by atoms with van der Waals surface area (Å²) >= 11 is 5.94. The van der Waals surface area contributed by atoms with E-state index in [0.717, 1.165) is 47.4 Å². The Hall–Kier alpha value is -2.96. The molecular formula is C24H26N4OS. The zero-order chi connectivity index (χ0) is 20.9. The third-order valence-electron chi connectivity index (χ3n) is 5.11. The lowest BCUT2D eigenvalue weighted by Crippen LogP contribution is -2.58. The van der Waals surface area contributed by atoms with Gasteiger partial charge in [0, 0.05) is 12.2 Å². The third-order valence-corrected chi connectivity index (χ3v) is 5.55. The fraction of sp³-hybridized carbons (Fsp3) is 0.250. The van der Waals surface area contributed by atoms with Crippen LogP contribution in [0.15, 0.2) is 65.2 Å². The van der Waals surface area contributed by atoms with E-state index in [9.17, 15) is 0 Å². The number of para-hydroxylation sites is 1. The molecule has 0 amide bonds. The van der Waals surface area contributed by atoms with Crippen LogP contribution in [0.3, 0.4) is 0 Å². The molecule has 0 saturated carbocycles. The summed E-state index contributed by atoms with van der Waals surface area (Å²) in [5.74, 6) is 0.713. The van der Waals surface area contributed by atoms with E-state index in [1.54, 1.807) is 0 Å². The van der Waals surface area contributed by atoms with Crippen molar-refractivity contribution < 1.29 is 4.52 Å². The topological polar surface area (TPSA) is 35.8 Å². The van der Waals surface area contributed by atoms with Crippen LogP contribution in [0.1, 0.15) is 30.4 Å². The summed E-state index contributed by atoms with van der Waals surface area (Å²) in [5, 5.41) is 5.00. The summed E-state index contributed by atoms with van der Waals surface area (Å²) in [4.78, 5) is 6.70. The minimum absolute atomic E-state index is 0.713. The molecule has 1 aromatic heterocycles. The van der Waals surface area contributed by atoms with Crippen LogP contribution in [0.25, 0.3) is 12.2 Å². The Kier molecular flexibility index (Phi) is 6.26. The number of hydrogen-bond acceptors (Lipinski definition) is 4. The van der Waals surface area contributed by atoms with E-state index in [1.165, 1.54) is 0 Å². The lowest BCUT2D eigenvalue weighted by Gasteiger charge is -2.44. The third kappa shape index (κ3) is 4.30. The number of hydrogen-bond donors (Lipinski definition) is 0. The van der Waals surface area contributed by atoms with Gasteiger partial charge in [0.25, 0.3) is 0 Å². The van der Waals surface area contributed by atoms with Gasteiger partial charge in [-0.15, -0.1) is 0 Å². The predicted molar refractivity (Wildman–Crippen MR) is 127 cm³/mol. The molecule has 0 radical (unpaired) electrons. The van der Waals surface area contributed by atoms with Crippen LogP contribution in [0.4, 0.5) is 11.4 Å². The van der Waals surface area contributed by atoms with Crippen molar-refractivity contribution in [2.45, 2.75) is 20.3 Å². The molecule has 5 nitrogen and oxygen atoms in total. The maximum Gasteiger partial charge on any atom is 0.183 e. The second-order valence-corrected chi connectivity index (χ2v) is 7.74. The van der Waals surface area contributed by atoms with E-state index in [2.05, 4.69) is 51.0 Å². The van der Waals surface area contributed by atoms with E-state index in [-0.39, 0.29) is 0 Å². The molecule has 2 aromatic carbocycles. The minimum Gasteiger partial charge on any atom is -0.354 e. The van der Waals surface area contributed by atoms with Gasteiger partial charge in [-0.2, -0.15) is 0 Å². The molecule has 6 heteroatoms. The summed E-state index contributed by atoms with van der Waals surface area (Å²) in [6.45, 7) is 6.63. The normalized spacial score (nSPS) is 15.3. The van der Waals surface area contributed by atoms with E-state index in [1.807, 2.05) is 55.5 Å². The Morgan fingerprint density at radius 3 is 2.33 bits per heavy atom. The molecule has 1 fully saturated rings. The van der Waals surface area contributed by atoms with E-state index >= 15 is 0 Å². The Bertz CT molecular complexity index is 1020. The molecule has 0 unspecified atom stereocenters. The first-order chi connectivity index (χ1) is 14.7. The van der Waals surface area contributed by atoms with Gasteiger partial charge in [0.15, 0.2) is 10.9 Å². The maximum absolute atomic E-state index is 5.94. The van der Waals surface area contributed by atoms with Gasteiger partial charge in [-0.25, -0.2) is 0 Å². The average molecular weight is 419 g/mol. The summed E-state index contributed by atoms with van der Waals surface area (Å²) in [6, 6.07) is 20.5. The highest BCUT2D eigenvalue weighted by Gasteiger charge is 2.32. The number of nitrogens with zero attached hydrogens (tertiary/aromatic N) is 4. The molecular weight excluding hydrogens is 392 g/mol. The van der Waals surface area contributed by atoms with Crippen LogP contribution in [-0.4, -0.2) is 35.1 Å². The van der Waals surface area contributed by atoms with Crippen molar-refractivity contribution in [3.63, 3.8) is 0 Å². The molecule has 0 aliphatic carbocycles. The Balaban J connectivity index is 1.68. The lowest BCUT2D eigenvalue weighted by molar-refractivity contribution is 0.278. The van der Waals surface area contributed by atoms with Crippen LogP contribution < -0.4 is 9.80 Å². The molecule has 30 heavy (non-hydrogen) atoms. The summed E-state index contributed by atoms with van der Waals surface area (Å²) in [5.41, 5.74) is 3.95. The zero-order valence-electron chi connectivity index (χ0n) is 17.4. The van der Waals surface area contributed by atoms with Crippen molar-refractivity contribution in [2.24, 2.45) is 0 Å². The first kappa shape index (κ1) is 20.3. The van der Waals surface area contributed by atoms with Gasteiger partial charge in [-0.3, -0.25) is 9.80 Å². The van der Waals surface area contributed by atoms with Crippen LogP contribution >= 0.6 is 12.2 Å². The van der Waals surface area contributed by atoms with Crippen molar-refractivity contribution >= 4 is 40.9 Å². The first-order valence-corrected chi connectivity index (χ1v) is 10.6. The van der Waals surface area contributed by atoms with Crippen LogP contribution in [-0.2, 0) is 0 Å². The summed E-state index contributed by atoms with van der Waals surface area (Å²) < 4.78 is 5.68. The summed E-state index contributed by atoms with van der Waals surface area (Å²) in [6.07, 6.45) is 5.08. The highest BCUT2D eigenvalue weighted by atomic mass is 32.1. The monoisotopic (exact) mass is 418 g/mol. The average Bonchev–Trinajstić information content (AvgIpc) is 3.15. The largest absolute Gasteiger partial charge is 0.354 e. The second-order valence-electron chi connectivity index (χ2n) is 7.38. The van der Waals surface area contributed by atoms with Crippen LogP contribution in [0.5, 0.6) is 0 Å². The SMILES string of the molecule is CCCN1CN(c2ccccc2)C(=S)N(c2c(C)noc2/C=C/c2ccccc2)C1. The Morgan fingerprint density at radius 1 is 0.967 bits per heavy atom. The van der Waals surface area contributed by atoms with Gasteiger partial charge >= 0.3 is 0 Å². The maximum atomic E-state index is 5.94. The fourth-order valence-electron chi connectivity index (χ4n) is 3.69. The molecule has 2 heterocycles. The van der Waals surface area contributed by atoms with Crippen molar-refractivity contribution in [3.8, 4) is 0 Å². The van der Waals surface area contributed by atoms with Gasteiger partial charge in [-0.05, 0) is 49.3 Å². The zero-order valence-corrected chi connectivity index (χ0v) is 18.2. The van der Waals surface area contributed by atoms with Crippen molar-refractivity contribution in [1.82, 2.24) is 10.1 Å². The summed E-state index contributed by atoms with van der Waals surface area (Å²) in [7, 11) is 0. The van der Waals surface area contributed by atoms with Gasteiger partial charge in [-0.1, -0.05) is 66.7 Å². The van der Waals surface area contributed by atoms with Crippen molar-refractivity contribution in [2.75, 3.05) is 29.7 Å². The standard InChI is InChI=1S/C24H26N4OS/c1-3-16-26-17-27(21-12-8-5-9-13-21)24(30)28(18-26)23-19(2)25-29-22(23)15-14-20-10-6-4-7-11-20/h4-15H,3,16-18H2,1-2H3/b15-14+. The molecule has 1 aliphatic rings. The molecule has 1 aliphatic heterocycles. The highest BCUT2D eigenvalue weighted by molar-refractivity contribution is 7.80. The number of anilines is 2. The fourth-order valence-corrected chi connectivity index (χ4v) is 4.00. The quantitative estimate of drug-likeness (QED) is 0.499. The van der Waals surface area contributed by atoms with Crippen LogP contribution in [0.2, 0.25) is 0 Å². The van der Waals surface area contributed by atoms with Crippen molar-refractivity contribution in [1.29, 1.82) is 0 Å². The van der Waals surface area contributed by atoms with Gasteiger partial charge in [0.1, 0.15) is 11.4 Å². The van der Waals surface area contributed by atoms with Gasteiger partial charge in [0.05, 0.1) is 13.3 Å². The highest BCUT2D eigenvalue weighted by Crippen LogP contribution is 2.31. The van der Waals surface area contributed by atoms with E-state index in [0.29, 0.717) is 12.4 Å². The molecule has 4 rings (SSSR count). The number of aryl methyl sites for hydroxylation is 1. The number of rotatable bonds is 6. The van der Waals surface area contributed by atoms with E-state index < -0.39 is 0 Å². The smallest absolute Gasteiger partial charge is 0.183 e. The molecule has 3 aromatic rings.